The van der Waals surface area contributed by atoms with Crippen molar-refractivity contribution in [2.24, 2.45) is 0 Å². The van der Waals surface area contributed by atoms with E-state index in [1.54, 1.807) is 41.3 Å². The first kappa shape index (κ1) is 28.6. The minimum absolute atomic E-state index is 0.0890. The molecule has 1 saturated carbocycles. The Morgan fingerprint density at radius 1 is 0.975 bits per heavy atom. The van der Waals surface area contributed by atoms with E-state index < -0.39 is 6.04 Å². The number of benzene rings is 3. The number of halogens is 3. The molecule has 1 N–H and O–H groups in total. The summed E-state index contributed by atoms with van der Waals surface area (Å²) in [6, 6.07) is 17.8. The van der Waals surface area contributed by atoms with E-state index in [9.17, 15) is 9.59 Å². The lowest BCUT2D eigenvalue weighted by atomic mass is 10.1. The molecule has 210 valence electrons. The maximum absolute atomic E-state index is 13.8. The molecule has 10 heteroatoms. The maximum Gasteiger partial charge on any atom is 0.247 e. The maximum atomic E-state index is 13.8. The van der Waals surface area contributed by atoms with Gasteiger partial charge in [-0.2, -0.15) is 0 Å². The van der Waals surface area contributed by atoms with Gasteiger partial charge in [-0.15, -0.1) is 0 Å². The molecule has 2 amide bonds. The molecule has 5 rings (SSSR count). The highest BCUT2D eigenvalue weighted by Gasteiger charge is 2.41. The zero-order chi connectivity index (χ0) is 28.2. The summed E-state index contributed by atoms with van der Waals surface area (Å²) in [5.41, 5.74) is 2.48. The molecule has 1 atom stereocenters. The van der Waals surface area contributed by atoms with E-state index in [0.717, 1.165) is 24.0 Å². The molecule has 0 bridgehead atoms. The number of anilines is 1. The van der Waals surface area contributed by atoms with E-state index in [1.165, 1.54) is 0 Å². The number of carbonyl (C=O) groups excluding carboxylic acids is 2. The molecule has 2 aliphatic rings. The van der Waals surface area contributed by atoms with Gasteiger partial charge in [0.1, 0.15) is 25.0 Å². The number of hydrogen-bond donors (Lipinski definition) is 1. The Balaban J connectivity index is 1.24. The van der Waals surface area contributed by atoms with E-state index >= 15 is 0 Å². The van der Waals surface area contributed by atoms with Gasteiger partial charge in [0.2, 0.25) is 11.8 Å². The van der Waals surface area contributed by atoms with E-state index in [1.807, 2.05) is 36.1 Å². The Hall–Kier alpha value is -2.97. The molecule has 40 heavy (non-hydrogen) atoms. The second-order valence-electron chi connectivity index (χ2n) is 9.95. The number of ether oxygens (including phenoxy) is 2. The molecule has 0 aromatic heterocycles. The summed E-state index contributed by atoms with van der Waals surface area (Å²) in [6.45, 7) is 3.37. The topological polar surface area (TPSA) is 71.1 Å². The highest BCUT2D eigenvalue weighted by atomic mass is 35.5. The summed E-state index contributed by atoms with van der Waals surface area (Å²) < 4.78 is 11.5. The number of nitrogens with zero attached hydrogens (tertiary/aromatic N) is 2. The van der Waals surface area contributed by atoms with Crippen molar-refractivity contribution >= 4 is 52.3 Å². The van der Waals surface area contributed by atoms with Gasteiger partial charge in [0.15, 0.2) is 5.75 Å². The Morgan fingerprint density at radius 3 is 2.33 bits per heavy atom. The molecule has 0 spiro atoms. The van der Waals surface area contributed by atoms with Crippen LogP contribution in [-0.4, -0.2) is 55.1 Å². The lowest BCUT2D eigenvalue weighted by Gasteiger charge is -2.38. The normalized spacial score (nSPS) is 17.1. The third kappa shape index (κ3) is 6.66. The van der Waals surface area contributed by atoms with Crippen LogP contribution in [0.15, 0.2) is 60.7 Å². The van der Waals surface area contributed by atoms with Gasteiger partial charge in [-0.3, -0.25) is 14.5 Å². The highest BCUT2D eigenvalue weighted by molar-refractivity contribution is 6.37. The lowest BCUT2D eigenvalue weighted by molar-refractivity contribution is -0.136. The van der Waals surface area contributed by atoms with Crippen molar-refractivity contribution in [2.45, 2.75) is 38.4 Å². The minimum Gasteiger partial charge on any atom is -0.490 e. The van der Waals surface area contributed by atoms with Gasteiger partial charge in [-0.1, -0.05) is 53.0 Å². The van der Waals surface area contributed by atoms with Crippen LogP contribution < -0.4 is 19.7 Å². The van der Waals surface area contributed by atoms with Crippen molar-refractivity contribution in [3.8, 4) is 11.5 Å². The van der Waals surface area contributed by atoms with E-state index in [-0.39, 0.29) is 37.6 Å². The minimum atomic E-state index is -0.659. The molecule has 1 aliphatic carbocycles. The van der Waals surface area contributed by atoms with Crippen molar-refractivity contribution in [3.63, 3.8) is 0 Å². The summed E-state index contributed by atoms with van der Waals surface area (Å²) in [4.78, 5) is 30.3. The summed E-state index contributed by atoms with van der Waals surface area (Å²) in [7, 11) is 0. The van der Waals surface area contributed by atoms with Crippen LogP contribution in [0, 0.1) is 6.92 Å². The van der Waals surface area contributed by atoms with E-state index in [0.29, 0.717) is 45.3 Å². The zero-order valence-electron chi connectivity index (χ0n) is 22.0. The summed E-state index contributed by atoms with van der Waals surface area (Å²) in [6.07, 6.45) is 1.89. The molecule has 1 saturated heterocycles. The summed E-state index contributed by atoms with van der Waals surface area (Å²) in [5, 5.41) is 4.63. The number of piperazine rings is 1. The van der Waals surface area contributed by atoms with Crippen molar-refractivity contribution in [1.82, 2.24) is 10.2 Å². The molecular weight excluding hydrogens is 573 g/mol. The molecule has 1 heterocycles. The van der Waals surface area contributed by atoms with Crippen LogP contribution in [0.4, 0.5) is 5.69 Å². The molecule has 0 unspecified atom stereocenters. The predicted molar refractivity (Wildman–Crippen MR) is 158 cm³/mol. The summed E-state index contributed by atoms with van der Waals surface area (Å²) >= 11 is 18.9. The summed E-state index contributed by atoms with van der Waals surface area (Å²) in [5.74, 6) is 0.786. The van der Waals surface area contributed by atoms with Crippen molar-refractivity contribution in [2.75, 3.05) is 31.2 Å². The average molecular weight is 603 g/mol. The van der Waals surface area contributed by atoms with Gasteiger partial charge >= 0.3 is 0 Å². The monoisotopic (exact) mass is 601 g/mol. The zero-order valence-corrected chi connectivity index (χ0v) is 24.3. The van der Waals surface area contributed by atoms with Crippen molar-refractivity contribution in [3.05, 3.63) is 86.9 Å². The van der Waals surface area contributed by atoms with Gasteiger partial charge in [0, 0.05) is 29.8 Å². The smallest absolute Gasteiger partial charge is 0.247 e. The molecule has 3 aromatic rings. The quantitative estimate of drug-likeness (QED) is 0.292. The number of carbonyl (C=O) groups is 2. The van der Waals surface area contributed by atoms with Crippen LogP contribution in [0.5, 0.6) is 11.5 Å². The van der Waals surface area contributed by atoms with Gasteiger partial charge in [0.05, 0.1) is 16.6 Å². The molecular formula is C30H30Cl3N3O4. The molecule has 1 aliphatic heterocycles. The number of hydrogen-bond acceptors (Lipinski definition) is 5. The second kappa shape index (κ2) is 12.7. The van der Waals surface area contributed by atoms with Crippen LogP contribution in [0.1, 0.15) is 24.0 Å². The highest BCUT2D eigenvalue weighted by Crippen LogP contribution is 2.34. The van der Waals surface area contributed by atoms with Crippen molar-refractivity contribution < 1.29 is 19.1 Å². The predicted octanol–water partition coefficient (Wildman–Crippen LogP) is 5.91. The first-order valence-electron chi connectivity index (χ1n) is 13.2. The number of aryl methyl sites for hydroxylation is 1. The Labute approximate surface area is 248 Å². The first-order chi connectivity index (χ1) is 19.3. The molecule has 2 fully saturated rings. The third-order valence-corrected chi connectivity index (χ3v) is 7.83. The molecule has 0 radical (unpaired) electrons. The van der Waals surface area contributed by atoms with Gasteiger partial charge in [-0.25, -0.2) is 0 Å². The van der Waals surface area contributed by atoms with E-state index in [4.69, 9.17) is 44.3 Å². The Morgan fingerprint density at radius 2 is 1.65 bits per heavy atom. The standard InChI is InChI=1S/C30H30Cl3N3O4/c1-19-14-25(32)29(26(33)15-19)40-13-12-39-23-10-8-22(9-11-23)36-27(16-34-17-28(36)37)30(38)35(21-6-7-21)18-20-4-2-3-5-24(20)31/h2-5,8-11,14-15,21,27,34H,6-7,12-13,16-18H2,1H3/t27-/m1/s1. The number of amides is 2. The molecule has 3 aromatic carbocycles. The van der Waals surface area contributed by atoms with E-state index in [2.05, 4.69) is 5.32 Å². The van der Waals surface area contributed by atoms with Gasteiger partial charge in [0.25, 0.3) is 0 Å². The van der Waals surface area contributed by atoms with Crippen LogP contribution >= 0.6 is 34.8 Å². The van der Waals surface area contributed by atoms with Gasteiger partial charge < -0.3 is 19.7 Å². The van der Waals surface area contributed by atoms with Crippen LogP contribution in [0.2, 0.25) is 15.1 Å². The van der Waals surface area contributed by atoms with Crippen LogP contribution in [-0.2, 0) is 16.1 Å². The fourth-order valence-corrected chi connectivity index (χ4v) is 5.69. The Bertz CT molecular complexity index is 1360. The van der Waals surface area contributed by atoms with Crippen LogP contribution in [0.25, 0.3) is 0 Å². The largest absolute Gasteiger partial charge is 0.490 e. The number of rotatable bonds is 10. The Kier molecular flexibility index (Phi) is 9.06. The second-order valence-corrected chi connectivity index (χ2v) is 11.2. The SMILES string of the molecule is Cc1cc(Cl)c(OCCOc2ccc(N3C(=O)CNC[C@@H]3C(=O)N(Cc3ccccc3Cl)C3CC3)cc2)c(Cl)c1. The fraction of sp³-hybridized carbons (Fsp3) is 0.333. The van der Waals surface area contributed by atoms with Gasteiger partial charge in [-0.05, 0) is 73.4 Å². The van der Waals surface area contributed by atoms with Crippen LogP contribution in [0.3, 0.4) is 0 Å². The first-order valence-corrected chi connectivity index (χ1v) is 14.3. The fourth-order valence-electron chi connectivity index (χ4n) is 4.79. The third-order valence-electron chi connectivity index (χ3n) is 6.90. The number of nitrogens with one attached hydrogen (secondary N) is 1. The molecule has 7 nitrogen and oxygen atoms in total. The average Bonchev–Trinajstić information content (AvgIpc) is 3.77. The lowest BCUT2D eigenvalue weighted by Crippen LogP contribution is -2.61. The van der Waals surface area contributed by atoms with Crippen molar-refractivity contribution in [1.29, 1.82) is 0 Å².